The molecular weight excluding hydrogens is 308 g/mol. The van der Waals surface area contributed by atoms with Crippen molar-refractivity contribution in [2.24, 2.45) is 11.3 Å². The minimum atomic E-state index is -0.302. The minimum Gasteiger partial charge on any atom is -0.277 e. The second kappa shape index (κ2) is 5.04. The van der Waals surface area contributed by atoms with E-state index in [4.69, 9.17) is 0 Å². The zero-order valence-corrected chi connectivity index (χ0v) is 12.9. The van der Waals surface area contributed by atoms with Crippen molar-refractivity contribution in [2.75, 3.05) is 6.54 Å². The van der Waals surface area contributed by atoms with Crippen LogP contribution in [0.15, 0.2) is 22.8 Å². The fourth-order valence-corrected chi connectivity index (χ4v) is 2.36. The molecule has 1 unspecified atom stereocenters. The van der Waals surface area contributed by atoms with Crippen molar-refractivity contribution in [3.05, 3.63) is 28.5 Å². The molecule has 19 heavy (non-hydrogen) atoms. The summed E-state index contributed by atoms with van der Waals surface area (Å²) >= 11 is 3.27. The molecule has 2 amide bonds. The van der Waals surface area contributed by atoms with Gasteiger partial charge >= 0.3 is 0 Å². The first kappa shape index (κ1) is 14.2. The lowest BCUT2D eigenvalue weighted by Crippen LogP contribution is -2.34. The van der Waals surface area contributed by atoms with Crippen LogP contribution in [0, 0.1) is 11.3 Å². The van der Waals surface area contributed by atoms with E-state index in [1.165, 1.54) is 4.90 Å². The average molecular weight is 325 g/mol. The van der Waals surface area contributed by atoms with Crippen LogP contribution in [0.1, 0.15) is 37.7 Å². The lowest BCUT2D eigenvalue weighted by Gasteiger charge is -2.25. The van der Waals surface area contributed by atoms with E-state index < -0.39 is 0 Å². The van der Waals surface area contributed by atoms with Gasteiger partial charge in [0.05, 0.1) is 0 Å². The monoisotopic (exact) mass is 324 g/mol. The van der Waals surface area contributed by atoms with Crippen LogP contribution in [0.2, 0.25) is 0 Å². The summed E-state index contributed by atoms with van der Waals surface area (Å²) in [6.07, 6.45) is 2.00. The number of carbonyl (C=O) groups excluding carboxylic acids is 2. The van der Waals surface area contributed by atoms with Crippen molar-refractivity contribution in [2.45, 2.75) is 27.2 Å². The molecule has 1 fully saturated rings. The maximum Gasteiger partial charge on any atom is 0.279 e. The fourth-order valence-electron chi connectivity index (χ4n) is 2.12. The van der Waals surface area contributed by atoms with E-state index in [-0.39, 0.29) is 23.1 Å². The summed E-state index contributed by atoms with van der Waals surface area (Å²) in [5.74, 6) is -0.196. The van der Waals surface area contributed by atoms with Gasteiger partial charge in [-0.3, -0.25) is 14.5 Å². The van der Waals surface area contributed by atoms with Crippen molar-refractivity contribution in [3.63, 3.8) is 0 Å². The highest BCUT2D eigenvalue weighted by Gasteiger charge is 2.40. The zero-order valence-electron chi connectivity index (χ0n) is 11.3. The molecule has 0 bridgehead atoms. The van der Waals surface area contributed by atoms with Crippen LogP contribution in [-0.4, -0.2) is 28.2 Å². The zero-order chi connectivity index (χ0) is 14.2. The Kier molecular flexibility index (Phi) is 3.76. The second-order valence-corrected chi connectivity index (χ2v) is 6.85. The smallest absolute Gasteiger partial charge is 0.277 e. The van der Waals surface area contributed by atoms with Crippen LogP contribution in [0.3, 0.4) is 0 Å². The lowest BCUT2D eigenvalue weighted by atomic mass is 9.80. The summed E-state index contributed by atoms with van der Waals surface area (Å²) in [6, 6.07) is 3.38. The Morgan fingerprint density at radius 1 is 1.42 bits per heavy atom. The third-order valence-corrected chi connectivity index (χ3v) is 4.01. The highest BCUT2D eigenvalue weighted by molar-refractivity contribution is 9.10. The van der Waals surface area contributed by atoms with Crippen LogP contribution in [0.25, 0.3) is 0 Å². The van der Waals surface area contributed by atoms with Gasteiger partial charge in [0, 0.05) is 23.6 Å². The van der Waals surface area contributed by atoms with Crippen LogP contribution >= 0.6 is 15.9 Å². The van der Waals surface area contributed by atoms with Gasteiger partial charge in [-0.1, -0.05) is 20.8 Å². The van der Waals surface area contributed by atoms with E-state index in [1.54, 1.807) is 18.3 Å². The number of imide groups is 1. The number of amides is 2. The van der Waals surface area contributed by atoms with Gasteiger partial charge in [0.1, 0.15) is 5.69 Å². The highest BCUT2D eigenvalue weighted by Crippen LogP contribution is 2.34. The summed E-state index contributed by atoms with van der Waals surface area (Å²) < 4.78 is 0.810. The minimum absolute atomic E-state index is 0.0256. The van der Waals surface area contributed by atoms with E-state index in [1.807, 2.05) is 0 Å². The van der Waals surface area contributed by atoms with E-state index >= 15 is 0 Å². The molecule has 5 heteroatoms. The number of hydrogen-bond acceptors (Lipinski definition) is 3. The SMILES string of the molecule is CC(C)(C)C1CC(=O)N(C(=O)c2ccc(Br)cn2)C1. The van der Waals surface area contributed by atoms with Gasteiger partial charge in [-0.25, -0.2) is 4.98 Å². The summed E-state index contributed by atoms with van der Waals surface area (Å²) in [5, 5.41) is 0. The van der Waals surface area contributed by atoms with Gasteiger partial charge in [-0.2, -0.15) is 0 Å². The Morgan fingerprint density at radius 2 is 2.11 bits per heavy atom. The third kappa shape index (κ3) is 3.03. The Morgan fingerprint density at radius 3 is 2.58 bits per heavy atom. The van der Waals surface area contributed by atoms with Gasteiger partial charge in [0.25, 0.3) is 5.91 Å². The molecule has 1 aromatic rings. The first-order valence-corrected chi connectivity index (χ1v) is 7.04. The molecule has 0 radical (unpaired) electrons. The summed E-state index contributed by atoms with van der Waals surface area (Å²) in [7, 11) is 0. The number of rotatable bonds is 1. The van der Waals surface area contributed by atoms with Gasteiger partial charge in [-0.05, 0) is 39.4 Å². The predicted octanol–water partition coefficient (Wildman–Crippen LogP) is 2.88. The molecule has 2 heterocycles. The maximum absolute atomic E-state index is 12.3. The number of aromatic nitrogens is 1. The molecule has 0 spiro atoms. The largest absolute Gasteiger partial charge is 0.279 e. The van der Waals surface area contributed by atoms with Crippen LogP contribution in [0.5, 0.6) is 0 Å². The van der Waals surface area contributed by atoms with Crippen LogP contribution < -0.4 is 0 Å². The topological polar surface area (TPSA) is 50.3 Å². The molecule has 102 valence electrons. The number of likely N-dealkylation sites (tertiary alicyclic amines) is 1. The molecule has 1 aromatic heterocycles. The van der Waals surface area contributed by atoms with Crippen molar-refractivity contribution in [3.8, 4) is 0 Å². The van der Waals surface area contributed by atoms with E-state index in [0.717, 1.165) is 4.47 Å². The highest BCUT2D eigenvalue weighted by atomic mass is 79.9. The molecular formula is C14H17BrN2O2. The van der Waals surface area contributed by atoms with Crippen LogP contribution in [-0.2, 0) is 4.79 Å². The van der Waals surface area contributed by atoms with E-state index in [2.05, 4.69) is 41.7 Å². The number of hydrogen-bond donors (Lipinski definition) is 0. The number of pyridine rings is 1. The molecule has 4 nitrogen and oxygen atoms in total. The normalized spacial score (nSPS) is 19.9. The first-order chi connectivity index (χ1) is 8.79. The third-order valence-electron chi connectivity index (χ3n) is 3.54. The van der Waals surface area contributed by atoms with Gasteiger partial charge < -0.3 is 0 Å². The predicted molar refractivity (Wildman–Crippen MR) is 75.5 cm³/mol. The molecule has 0 saturated carbocycles. The fraction of sp³-hybridized carbons (Fsp3) is 0.500. The Bertz CT molecular complexity index is 505. The molecule has 1 aliphatic rings. The first-order valence-electron chi connectivity index (χ1n) is 6.25. The van der Waals surface area contributed by atoms with Crippen molar-refractivity contribution in [1.82, 2.24) is 9.88 Å². The molecule has 1 saturated heterocycles. The van der Waals surface area contributed by atoms with Gasteiger partial charge in [0.15, 0.2) is 0 Å². The Hall–Kier alpha value is -1.23. The number of halogens is 1. The maximum atomic E-state index is 12.3. The molecule has 0 N–H and O–H groups in total. The Labute approximate surface area is 121 Å². The molecule has 2 rings (SSSR count). The van der Waals surface area contributed by atoms with Gasteiger partial charge in [-0.15, -0.1) is 0 Å². The number of carbonyl (C=O) groups is 2. The summed E-state index contributed by atoms with van der Waals surface area (Å²) in [5.41, 5.74) is 0.337. The van der Waals surface area contributed by atoms with Crippen molar-refractivity contribution < 1.29 is 9.59 Å². The molecule has 0 aliphatic carbocycles. The number of nitrogens with zero attached hydrogens (tertiary/aromatic N) is 2. The summed E-state index contributed by atoms with van der Waals surface area (Å²) in [4.78, 5) is 29.6. The van der Waals surface area contributed by atoms with E-state index in [9.17, 15) is 9.59 Å². The molecule has 1 aliphatic heterocycles. The van der Waals surface area contributed by atoms with Crippen molar-refractivity contribution >= 4 is 27.7 Å². The molecule has 0 aromatic carbocycles. The quantitative estimate of drug-likeness (QED) is 0.746. The lowest BCUT2D eigenvalue weighted by molar-refractivity contribution is -0.125. The standard InChI is InChI=1S/C14H17BrN2O2/c1-14(2,3)9-6-12(18)17(8-9)13(19)11-5-4-10(15)7-16-11/h4-5,7,9H,6,8H2,1-3H3. The van der Waals surface area contributed by atoms with E-state index in [0.29, 0.717) is 18.7 Å². The van der Waals surface area contributed by atoms with Crippen molar-refractivity contribution in [1.29, 1.82) is 0 Å². The Balaban J connectivity index is 2.17. The second-order valence-electron chi connectivity index (χ2n) is 5.94. The van der Waals surface area contributed by atoms with Crippen LogP contribution in [0.4, 0.5) is 0 Å². The molecule has 1 atom stereocenters. The van der Waals surface area contributed by atoms with Gasteiger partial charge in [0.2, 0.25) is 5.91 Å². The summed E-state index contributed by atoms with van der Waals surface area (Å²) in [6.45, 7) is 6.77. The average Bonchev–Trinajstić information content (AvgIpc) is 2.71.